The molecule has 144 valence electrons. The molecule has 0 saturated carbocycles. The predicted molar refractivity (Wildman–Crippen MR) is 116 cm³/mol. The van der Waals surface area contributed by atoms with Crippen LogP contribution in [0.25, 0.3) is 27.7 Å². The number of rotatable bonds is 4. The number of imidazole rings is 1. The zero-order chi connectivity index (χ0) is 20.0. The van der Waals surface area contributed by atoms with Gasteiger partial charge >= 0.3 is 0 Å². The molecule has 0 aliphatic rings. The highest BCUT2D eigenvalue weighted by molar-refractivity contribution is 6.31. The molecule has 0 saturated heterocycles. The van der Waals surface area contributed by atoms with E-state index >= 15 is 0 Å². The van der Waals surface area contributed by atoms with E-state index in [0.717, 1.165) is 57.9 Å². The molecule has 0 atom stereocenters. The molecule has 0 amide bonds. The standard InChI is InChI=1S/C23H20ClN5/c1-15-12-21-18-9-8-17(24)13-19(18)25-23(29(21)27-15)11-10-22-26-20(14-28(22)2)16-6-4-3-5-7-16/h3-9,12-14H,10-11H2,1-2H3. The lowest BCUT2D eigenvalue weighted by Gasteiger charge is -2.08. The molecule has 6 heteroatoms. The van der Waals surface area contributed by atoms with Gasteiger partial charge in [-0.15, -0.1) is 0 Å². The van der Waals surface area contributed by atoms with E-state index in [9.17, 15) is 0 Å². The van der Waals surface area contributed by atoms with E-state index in [0.29, 0.717) is 5.02 Å². The van der Waals surface area contributed by atoms with Gasteiger partial charge in [-0.2, -0.15) is 5.10 Å². The SMILES string of the molecule is Cc1cc2c3ccc(Cl)cc3nc(CCc3nc(-c4ccccc4)cn3C)n2n1. The van der Waals surface area contributed by atoms with Crippen LogP contribution in [0, 0.1) is 6.92 Å². The smallest absolute Gasteiger partial charge is 0.131 e. The highest BCUT2D eigenvalue weighted by Crippen LogP contribution is 2.24. The summed E-state index contributed by atoms with van der Waals surface area (Å²) < 4.78 is 4.04. The quantitative estimate of drug-likeness (QED) is 0.424. The van der Waals surface area contributed by atoms with Gasteiger partial charge in [0.05, 0.1) is 22.4 Å². The van der Waals surface area contributed by atoms with Crippen LogP contribution >= 0.6 is 11.6 Å². The van der Waals surface area contributed by atoms with E-state index in [4.69, 9.17) is 21.6 Å². The van der Waals surface area contributed by atoms with Gasteiger partial charge in [-0.25, -0.2) is 14.5 Å². The first-order valence-corrected chi connectivity index (χ1v) is 9.98. The Balaban J connectivity index is 1.51. The Kier molecular flexibility index (Phi) is 4.32. The van der Waals surface area contributed by atoms with Crippen molar-refractivity contribution >= 4 is 28.0 Å². The summed E-state index contributed by atoms with van der Waals surface area (Å²) in [5.74, 6) is 1.93. The second kappa shape index (κ2) is 7.01. The molecule has 0 aliphatic carbocycles. The molecule has 5 aromatic rings. The number of hydrogen-bond donors (Lipinski definition) is 0. The summed E-state index contributed by atoms with van der Waals surface area (Å²) in [5.41, 5.74) is 5.03. The molecule has 0 N–H and O–H groups in total. The number of aromatic nitrogens is 5. The van der Waals surface area contributed by atoms with E-state index in [1.807, 2.05) is 54.9 Å². The fourth-order valence-electron chi connectivity index (χ4n) is 3.76. The van der Waals surface area contributed by atoms with Crippen LogP contribution in [0.3, 0.4) is 0 Å². The second-order valence-electron chi connectivity index (χ2n) is 7.29. The summed E-state index contributed by atoms with van der Waals surface area (Å²) in [7, 11) is 2.04. The highest BCUT2D eigenvalue weighted by Gasteiger charge is 2.13. The maximum atomic E-state index is 6.21. The van der Waals surface area contributed by atoms with Gasteiger partial charge in [0.15, 0.2) is 0 Å². The molecule has 2 aromatic carbocycles. The minimum Gasteiger partial charge on any atom is -0.337 e. The van der Waals surface area contributed by atoms with Gasteiger partial charge in [-0.3, -0.25) is 0 Å². The average molecular weight is 402 g/mol. The molecule has 0 spiro atoms. The normalized spacial score (nSPS) is 11.6. The van der Waals surface area contributed by atoms with Crippen LogP contribution in [-0.4, -0.2) is 24.1 Å². The summed E-state index contributed by atoms with van der Waals surface area (Å²) in [6.07, 6.45) is 3.58. The number of nitrogens with zero attached hydrogens (tertiary/aromatic N) is 5. The van der Waals surface area contributed by atoms with Gasteiger partial charge in [0.1, 0.15) is 11.6 Å². The third-order valence-electron chi connectivity index (χ3n) is 5.18. The first-order chi connectivity index (χ1) is 14.1. The van der Waals surface area contributed by atoms with E-state index < -0.39 is 0 Å². The minimum atomic E-state index is 0.688. The predicted octanol–water partition coefficient (Wildman–Crippen LogP) is 5.03. The molecule has 0 aliphatic heterocycles. The van der Waals surface area contributed by atoms with Gasteiger partial charge in [-0.1, -0.05) is 41.9 Å². The molecule has 0 radical (unpaired) electrons. The Hall–Kier alpha value is -3.18. The van der Waals surface area contributed by atoms with Crippen molar-refractivity contribution in [3.8, 4) is 11.3 Å². The Morgan fingerprint density at radius 3 is 2.55 bits per heavy atom. The Morgan fingerprint density at radius 1 is 0.931 bits per heavy atom. The minimum absolute atomic E-state index is 0.688. The summed E-state index contributed by atoms with van der Waals surface area (Å²) in [6.45, 7) is 2.00. The Labute approximate surface area is 173 Å². The van der Waals surface area contributed by atoms with Crippen molar-refractivity contribution in [3.05, 3.63) is 83.2 Å². The van der Waals surface area contributed by atoms with E-state index in [2.05, 4.69) is 34.1 Å². The van der Waals surface area contributed by atoms with Crippen LogP contribution in [0.2, 0.25) is 5.02 Å². The first kappa shape index (κ1) is 17.9. The summed E-state index contributed by atoms with van der Waals surface area (Å²) >= 11 is 6.21. The Morgan fingerprint density at radius 2 is 1.72 bits per heavy atom. The maximum absolute atomic E-state index is 6.21. The van der Waals surface area contributed by atoms with Crippen molar-refractivity contribution < 1.29 is 0 Å². The van der Waals surface area contributed by atoms with Crippen molar-refractivity contribution in [2.24, 2.45) is 7.05 Å². The van der Waals surface area contributed by atoms with Crippen molar-refractivity contribution in [3.63, 3.8) is 0 Å². The van der Waals surface area contributed by atoms with Crippen molar-refractivity contribution in [2.75, 3.05) is 0 Å². The lowest BCUT2D eigenvalue weighted by atomic mass is 10.2. The lowest BCUT2D eigenvalue weighted by Crippen LogP contribution is -2.07. The summed E-state index contributed by atoms with van der Waals surface area (Å²) in [5, 5.41) is 6.41. The molecule has 3 aromatic heterocycles. The molecule has 0 unspecified atom stereocenters. The molecule has 5 rings (SSSR count). The molecule has 3 heterocycles. The van der Waals surface area contributed by atoms with E-state index in [1.54, 1.807) is 0 Å². The van der Waals surface area contributed by atoms with Crippen LogP contribution in [-0.2, 0) is 19.9 Å². The zero-order valence-electron chi connectivity index (χ0n) is 16.3. The largest absolute Gasteiger partial charge is 0.337 e. The van der Waals surface area contributed by atoms with Crippen molar-refractivity contribution in [1.29, 1.82) is 0 Å². The van der Waals surface area contributed by atoms with Gasteiger partial charge in [-0.05, 0) is 31.2 Å². The van der Waals surface area contributed by atoms with Crippen LogP contribution in [0.4, 0.5) is 0 Å². The number of aryl methyl sites for hydroxylation is 4. The van der Waals surface area contributed by atoms with Gasteiger partial charge < -0.3 is 4.57 Å². The number of halogens is 1. The number of fused-ring (bicyclic) bond motifs is 3. The maximum Gasteiger partial charge on any atom is 0.131 e. The van der Waals surface area contributed by atoms with Gasteiger partial charge in [0.2, 0.25) is 0 Å². The fraction of sp³-hybridized carbons (Fsp3) is 0.174. The topological polar surface area (TPSA) is 48.0 Å². The number of hydrogen-bond acceptors (Lipinski definition) is 3. The summed E-state index contributed by atoms with van der Waals surface area (Å²) in [6, 6.07) is 18.2. The molecular weight excluding hydrogens is 382 g/mol. The van der Waals surface area contributed by atoms with Crippen molar-refractivity contribution in [1.82, 2.24) is 24.1 Å². The third kappa shape index (κ3) is 3.28. The molecule has 29 heavy (non-hydrogen) atoms. The van der Waals surface area contributed by atoms with Crippen molar-refractivity contribution in [2.45, 2.75) is 19.8 Å². The first-order valence-electron chi connectivity index (χ1n) is 9.61. The number of benzene rings is 2. The highest BCUT2D eigenvalue weighted by atomic mass is 35.5. The average Bonchev–Trinajstić information content (AvgIpc) is 3.29. The van der Waals surface area contributed by atoms with Gasteiger partial charge in [0.25, 0.3) is 0 Å². The van der Waals surface area contributed by atoms with E-state index in [-0.39, 0.29) is 0 Å². The lowest BCUT2D eigenvalue weighted by molar-refractivity contribution is 0.721. The molecule has 0 fully saturated rings. The molecular formula is C23H20ClN5. The summed E-state index contributed by atoms with van der Waals surface area (Å²) in [4.78, 5) is 9.71. The third-order valence-corrected chi connectivity index (χ3v) is 5.41. The van der Waals surface area contributed by atoms with Crippen LogP contribution < -0.4 is 0 Å². The van der Waals surface area contributed by atoms with E-state index in [1.165, 1.54) is 0 Å². The van der Waals surface area contributed by atoms with Crippen LogP contribution in [0.1, 0.15) is 17.3 Å². The molecule has 5 nitrogen and oxygen atoms in total. The second-order valence-corrected chi connectivity index (χ2v) is 7.73. The fourth-order valence-corrected chi connectivity index (χ4v) is 3.93. The van der Waals surface area contributed by atoms with Crippen LogP contribution in [0.15, 0.2) is 60.8 Å². The monoisotopic (exact) mass is 401 g/mol. The van der Waals surface area contributed by atoms with Gasteiger partial charge in [0, 0.05) is 42.1 Å². The van der Waals surface area contributed by atoms with Crippen LogP contribution in [0.5, 0.6) is 0 Å². The molecule has 0 bridgehead atoms. The Bertz CT molecular complexity index is 1330. The zero-order valence-corrected chi connectivity index (χ0v) is 17.1.